The van der Waals surface area contributed by atoms with Gasteiger partial charge in [0, 0.05) is 39.3 Å². The third-order valence-electron chi connectivity index (χ3n) is 6.74. The molecule has 10 heteroatoms. The molecule has 0 aliphatic carbocycles. The summed E-state index contributed by atoms with van der Waals surface area (Å²) >= 11 is 0. The zero-order chi connectivity index (χ0) is 23.9. The molecule has 3 aliphatic rings. The predicted octanol–water partition coefficient (Wildman–Crippen LogP) is 3.14. The first-order valence-corrected chi connectivity index (χ1v) is 11.2. The monoisotopic (exact) mass is 479 g/mol. The first-order chi connectivity index (χ1) is 16.2. The highest BCUT2D eigenvalue weighted by Crippen LogP contribution is 2.37. The van der Waals surface area contributed by atoms with Crippen LogP contribution in [0.4, 0.5) is 17.6 Å². The van der Waals surface area contributed by atoms with Crippen LogP contribution in [-0.4, -0.2) is 84.5 Å². The van der Waals surface area contributed by atoms with Crippen molar-refractivity contribution in [2.45, 2.75) is 24.5 Å². The lowest BCUT2D eigenvalue weighted by molar-refractivity contribution is -0.274. The van der Waals surface area contributed by atoms with Crippen LogP contribution in [-0.2, 0) is 11.3 Å². The Labute approximate surface area is 194 Å². The van der Waals surface area contributed by atoms with Gasteiger partial charge in [-0.1, -0.05) is 24.3 Å². The molecule has 0 N–H and O–H groups in total. The van der Waals surface area contributed by atoms with Gasteiger partial charge in [0.15, 0.2) is 0 Å². The Bertz CT molecular complexity index is 1040. The second-order valence-electron chi connectivity index (χ2n) is 9.15. The second kappa shape index (κ2) is 8.83. The number of halogens is 4. The molecule has 1 unspecified atom stereocenters. The van der Waals surface area contributed by atoms with Gasteiger partial charge < -0.3 is 14.4 Å². The van der Waals surface area contributed by atoms with E-state index in [1.807, 2.05) is 0 Å². The smallest absolute Gasteiger partial charge is 0.406 e. The number of alkyl halides is 3. The van der Waals surface area contributed by atoms with E-state index in [0.717, 1.165) is 12.1 Å². The number of carbonyl (C=O) groups is 1. The number of hydrogen-bond acceptors (Lipinski definition) is 5. The summed E-state index contributed by atoms with van der Waals surface area (Å²) in [6.07, 6.45) is -4.72. The molecule has 34 heavy (non-hydrogen) atoms. The molecule has 1 amide bonds. The summed E-state index contributed by atoms with van der Waals surface area (Å²) in [5.41, 5.74) is 0.686. The van der Waals surface area contributed by atoms with Gasteiger partial charge >= 0.3 is 6.36 Å². The van der Waals surface area contributed by atoms with E-state index >= 15 is 0 Å². The average Bonchev–Trinajstić information content (AvgIpc) is 2.78. The van der Waals surface area contributed by atoms with E-state index in [-0.39, 0.29) is 28.8 Å². The van der Waals surface area contributed by atoms with Crippen LogP contribution in [0, 0.1) is 5.82 Å². The highest BCUT2D eigenvalue weighted by Gasteiger charge is 2.54. The van der Waals surface area contributed by atoms with Crippen molar-refractivity contribution in [2.24, 2.45) is 0 Å². The van der Waals surface area contributed by atoms with Crippen LogP contribution in [0.2, 0.25) is 0 Å². The van der Waals surface area contributed by atoms with Crippen molar-refractivity contribution in [3.63, 3.8) is 0 Å². The summed E-state index contributed by atoms with van der Waals surface area (Å²) in [4.78, 5) is 19.5. The highest BCUT2D eigenvalue weighted by atomic mass is 19.4. The number of morpholine rings is 1. The number of fused-ring (bicyclic) bond motifs is 2. The molecule has 0 bridgehead atoms. The molecule has 0 saturated carbocycles. The maximum absolute atomic E-state index is 14.3. The van der Waals surface area contributed by atoms with Crippen LogP contribution in [0.3, 0.4) is 0 Å². The number of ether oxygens (including phenoxy) is 2. The minimum atomic E-state index is -4.72. The molecule has 5 rings (SSSR count). The number of amides is 1. The van der Waals surface area contributed by atoms with Crippen molar-refractivity contribution < 1.29 is 31.8 Å². The molecule has 182 valence electrons. The Hall–Kier alpha value is -2.69. The van der Waals surface area contributed by atoms with Crippen LogP contribution in [0.5, 0.6) is 5.75 Å². The molecule has 0 radical (unpaired) electrons. The molecule has 0 aromatic heterocycles. The van der Waals surface area contributed by atoms with Crippen molar-refractivity contribution in [1.29, 1.82) is 0 Å². The Morgan fingerprint density at radius 1 is 1.09 bits per heavy atom. The van der Waals surface area contributed by atoms with Crippen LogP contribution >= 0.6 is 0 Å². The summed E-state index contributed by atoms with van der Waals surface area (Å²) in [7, 11) is 0. The molecule has 1 spiro atoms. The fraction of sp³-hybridized carbons (Fsp3) is 0.458. The van der Waals surface area contributed by atoms with E-state index in [4.69, 9.17) is 4.74 Å². The summed E-state index contributed by atoms with van der Waals surface area (Å²) in [6, 6.07) is 11.9. The van der Waals surface area contributed by atoms with Crippen molar-refractivity contribution in [2.75, 3.05) is 45.9 Å². The largest absolute Gasteiger partial charge is 0.573 e. The first-order valence-electron chi connectivity index (χ1n) is 11.2. The van der Waals surface area contributed by atoms with Gasteiger partial charge in [-0.3, -0.25) is 14.6 Å². The van der Waals surface area contributed by atoms with Crippen molar-refractivity contribution in [3.8, 4) is 5.75 Å². The standard InChI is InChI=1S/C24H25F4N3O3/c25-21-4-2-1-3-20(21)22(32)30-12-18-13-33-10-9-31(18)23(16-30)14-29(15-23)11-17-5-7-19(8-6-17)34-24(26,27)28/h1-8,18H,9-16H2. The Morgan fingerprint density at radius 3 is 2.53 bits per heavy atom. The van der Waals surface area contributed by atoms with Crippen LogP contribution in [0.15, 0.2) is 48.5 Å². The Kier molecular flexibility index (Phi) is 5.99. The molecule has 2 aromatic rings. The zero-order valence-corrected chi connectivity index (χ0v) is 18.4. The van der Waals surface area contributed by atoms with Gasteiger partial charge in [0.25, 0.3) is 5.91 Å². The van der Waals surface area contributed by atoms with Crippen molar-refractivity contribution in [1.82, 2.24) is 14.7 Å². The molecular formula is C24H25F4N3O3. The van der Waals surface area contributed by atoms with Gasteiger partial charge in [-0.25, -0.2) is 4.39 Å². The fourth-order valence-electron chi connectivity index (χ4n) is 5.39. The van der Waals surface area contributed by atoms with E-state index in [1.165, 1.54) is 24.3 Å². The average molecular weight is 479 g/mol. The Balaban J connectivity index is 1.27. The first kappa shape index (κ1) is 23.1. The second-order valence-corrected chi connectivity index (χ2v) is 9.15. The van der Waals surface area contributed by atoms with E-state index < -0.39 is 12.2 Å². The number of benzene rings is 2. The van der Waals surface area contributed by atoms with E-state index in [9.17, 15) is 22.4 Å². The van der Waals surface area contributed by atoms with Crippen molar-refractivity contribution in [3.05, 3.63) is 65.5 Å². The molecule has 3 aliphatic heterocycles. The van der Waals surface area contributed by atoms with Gasteiger partial charge in [0.1, 0.15) is 11.6 Å². The molecular weight excluding hydrogens is 454 g/mol. The lowest BCUT2D eigenvalue weighted by Gasteiger charge is -2.63. The summed E-state index contributed by atoms with van der Waals surface area (Å²) < 4.78 is 61.0. The van der Waals surface area contributed by atoms with Gasteiger partial charge in [-0.05, 0) is 29.8 Å². The minimum absolute atomic E-state index is 0.0409. The van der Waals surface area contributed by atoms with Gasteiger partial charge in [0.05, 0.1) is 30.4 Å². The summed E-state index contributed by atoms with van der Waals surface area (Å²) in [5.74, 6) is -1.10. The zero-order valence-electron chi connectivity index (χ0n) is 18.4. The van der Waals surface area contributed by atoms with Gasteiger partial charge in [-0.15, -0.1) is 13.2 Å². The molecule has 6 nitrogen and oxygen atoms in total. The molecule has 3 heterocycles. The Morgan fingerprint density at radius 2 is 1.82 bits per heavy atom. The lowest BCUT2D eigenvalue weighted by atomic mass is 9.82. The highest BCUT2D eigenvalue weighted by molar-refractivity contribution is 5.94. The third-order valence-corrected chi connectivity index (χ3v) is 6.74. The normalized spacial score (nSPS) is 22.8. The minimum Gasteiger partial charge on any atom is -0.406 e. The summed E-state index contributed by atoms with van der Waals surface area (Å²) in [5, 5.41) is 0. The number of rotatable bonds is 4. The maximum atomic E-state index is 14.3. The van der Waals surface area contributed by atoms with E-state index in [1.54, 1.807) is 29.2 Å². The fourth-order valence-corrected chi connectivity index (χ4v) is 5.39. The summed E-state index contributed by atoms with van der Waals surface area (Å²) in [6.45, 7) is 4.86. The predicted molar refractivity (Wildman–Crippen MR) is 115 cm³/mol. The van der Waals surface area contributed by atoms with Gasteiger partial charge in [0.2, 0.25) is 0 Å². The van der Waals surface area contributed by atoms with Crippen LogP contribution < -0.4 is 4.74 Å². The maximum Gasteiger partial charge on any atom is 0.573 e. The number of nitrogens with zero attached hydrogens (tertiary/aromatic N) is 3. The quantitative estimate of drug-likeness (QED) is 0.631. The molecule has 3 saturated heterocycles. The van der Waals surface area contributed by atoms with Crippen LogP contribution in [0.25, 0.3) is 0 Å². The van der Waals surface area contributed by atoms with Crippen LogP contribution in [0.1, 0.15) is 15.9 Å². The van der Waals surface area contributed by atoms with Gasteiger partial charge in [-0.2, -0.15) is 0 Å². The third kappa shape index (κ3) is 4.62. The van der Waals surface area contributed by atoms with Crippen molar-refractivity contribution >= 4 is 5.91 Å². The SMILES string of the molecule is O=C(c1ccccc1F)N1CC2COCCN2C2(CN(Cc3ccc(OC(F)(F)F)cc3)C2)C1. The number of carbonyl (C=O) groups excluding carboxylic acids is 1. The number of piperazine rings is 1. The molecule has 2 aromatic carbocycles. The van der Waals surface area contributed by atoms with E-state index in [0.29, 0.717) is 45.9 Å². The molecule has 3 fully saturated rings. The number of hydrogen-bond donors (Lipinski definition) is 0. The van der Waals surface area contributed by atoms with E-state index in [2.05, 4.69) is 14.5 Å². The molecule has 1 atom stereocenters. The number of likely N-dealkylation sites (tertiary alicyclic amines) is 1. The topological polar surface area (TPSA) is 45.2 Å². The lowest BCUT2D eigenvalue weighted by Crippen LogP contribution is -2.80.